The van der Waals surface area contributed by atoms with E-state index in [2.05, 4.69) is 49.5 Å². The normalized spacial score (nSPS) is 12.6. The van der Waals surface area contributed by atoms with Gasteiger partial charge in [-0.15, -0.1) is 0 Å². The third-order valence-electron chi connectivity index (χ3n) is 3.53. The van der Waals surface area contributed by atoms with Gasteiger partial charge in [0, 0.05) is 6.54 Å². The lowest BCUT2D eigenvalue weighted by atomic mass is 10.0. The molecule has 1 aromatic carbocycles. The first-order chi connectivity index (χ1) is 8.84. The highest BCUT2D eigenvalue weighted by Crippen LogP contribution is 2.13. The van der Waals surface area contributed by atoms with Gasteiger partial charge in [0.2, 0.25) is 0 Å². The zero-order valence-electron chi connectivity index (χ0n) is 12.1. The third kappa shape index (κ3) is 6.80. The van der Waals surface area contributed by atoms with Crippen molar-refractivity contribution in [2.75, 3.05) is 13.1 Å². The Morgan fingerprint density at radius 3 is 2.33 bits per heavy atom. The molecule has 102 valence electrons. The van der Waals surface area contributed by atoms with Crippen LogP contribution in [0.5, 0.6) is 0 Å². The zero-order valence-corrected chi connectivity index (χ0v) is 12.1. The molecule has 0 unspecified atom stereocenters. The zero-order chi connectivity index (χ0) is 13.1. The van der Waals surface area contributed by atoms with Crippen LogP contribution in [0.4, 0.5) is 0 Å². The van der Waals surface area contributed by atoms with Gasteiger partial charge in [-0.05, 0) is 24.4 Å². The Balaban J connectivity index is 1.98. The van der Waals surface area contributed by atoms with Crippen molar-refractivity contribution in [2.45, 2.75) is 58.3 Å². The first-order valence-corrected chi connectivity index (χ1v) is 7.60. The van der Waals surface area contributed by atoms with Crippen LogP contribution in [0.3, 0.4) is 0 Å². The van der Waals surface area contributed by atoms with E-state index in [1.165, 1.54) is 50.6 Å². The Labute approximate surface area is 113 Å². The predicted octanol–water partition coefficient (Wildman–Crippen LogP) is 4.74. The molecule has 1 N–H and O–H groups in total. The van der Waals surface area contributed by atoms with Crippen molar-refractivity contribution in [3.63, 3.8) is 0 Å². The van der Waals surface area contributed by atoms with Crippen LogP contribution in [0.2, 0.25) is 0 Å². The highest BCUT2D eigenvalue weighted by Gasteiger charge is 2.03. The van der Waals surface area contributed by atoms with E-state index in [-0.39, 0.29) is 0 Å². The maximum Gasteiger partial charge on any atom is 0.00174 e. The van der Waals surface area contributed by atoms with Crippen LogP contribution in [0.1, 0.15) is 63.9 Å². The molecule has 0 aromatic heterocycles. The van der Waals surface area contributed by atoms with Crippen LogP contribution >= 0.6 is 0 Å². The molecule has 0 saturated heterocycles. The summed E-state index contributed by atoms with van der Waals surface area (Å²) in [5.41, 5.74) is 1.44. The predicted molar refractivity (Wildman–Crippen MR) is 81.1 cm³/mol. The lowest BCUT2D eigenvalue weighted by Gasteiger charge is -2.12. The maximum absolute atomic E-state index is 3.57. The van der Waals surface area contributed by atoms with E-state index in [0.29, 0.717) is 5.92 Å². The van der Waals surface area contributed by atoms with E-state index in [1.54, 1.807) is 0 Å². The van der Waals surface area contributed by atoms with Gasteiger partial charge in [-0.1, -0.05) is 76.3 Å². The van der Waals surface area contributed by atoms with Crippen molar-refractivity contribution in [1.29, 1.82) is 0 Å². The van der Waals surface area contributed by atoms with Gasteiger partial charge in [-0.3, -0.25) is 0 Å². The summed E-state index contributed by atoms with van der Waals surface area (Å²) in [5, 5.41) is 3.57. The molecule has 1 rings (SSSR count). The molecular weight excluding hydrogens is 218 g/mol. The molecular formula is C17H29N. The summed E-state index contributed by atoms with van der Waals surface area (Å²) in [5.74, 6) is 0.617. The van der Waals surface area contributed by atoms with Crippen molar-refractivity contribution < 1.29 is 0 Å². The standard InChI is InChI=1S/C17H29N/c1-3-4-5-6-7-11-14-18-15-16(2)17-12-9-8-10-13-17/h8-10,12-13,16,18H,3-7,11,14-15H2,1-2H3/t16-/m1/s1. The number of hydrogen-bond acceptors (Lipinski definition) is 1. The highest BCUT2D eigenvalue weighted by molar-refractivity contribution is 5.18. The van der Waals surface area contributed by atoms with Gasteiger partial charge >= 0.3 is 0 Å². The van der Waals surface area contributed by atoms with Crippen LogP contribution < -0.4 is 5.32 Å². The SMILES string of the molecule is CCCCCCCCNC[C@@H](C)c1ccccc1. The second-order valence-corrected chi connectivity index (χ2v) is 5.28. The van der Waals surface area contributed by atoms with E-state index < -0.39 is 0 Å². The van der Waals surface area contributed by atoms with E-state index >= 15 is 0 Å². The summed E-state index contributed by atoms with van der Waals surface area (Å²) >= 11 is 0. The molecule has 0 radical (unpaired) electrons. The van der Waals surface area contributed by atoms with Gasteiger partial charge < -0.3 is 5.32 Å². The van der Waals surface area contributed by atoms with E-state index in [4.69, 9.17) is 0 Å². The van der Waals surface area contributed by atoms with Crippen molar-refractivity contribution in [3.05, 3.63) is 35.9 Å². The average Bonchev–Trinajstić information content (AvgIpc) is 2.42. The Morgan fingerprint density at radius 2 is 1.61 bits per heavy atom. The lowest BCUT2D eigenvalue weighted by molar-refractivity contribution is 0.553. The maximum atomic E-state index is 3.57. The molecule has 18 heavy (non-hydrogen) atoms. The molecule has 1 heteroatoms. The minimum absolute atomic E-state index is 0.617. The quantitative estimate of drug-likeness (QED) is 0.589. The van der Waals surface area contributed by atoms with Crippen LogP contribution in [-0.2, 0) is 0 Å². The average molecular weight is 247 g/mol. The van der Waals surface area contributed by atoms with Crippen LogP contribution in [-0.4, -0.2) is 13.1 Å². The topological polar surface area (TPSA) is 12.0 Å². The largest absolute Gasteiger partial charge is 0.316 e. The summed E-state index contributed by atoms with van der Waals surface area (Å²) in [6.45, 7) is 6.83. The molecule has 0 aliphatic carbocycles. The fourth-order valence-electron chi connectivity index (χ4n) is 2.25. The second-order valence-electron chi connectivity index (χ2n) is 5.28. The molecule has 1 nitrogen and oxygen atoms in total. The number of benzene rings is 1. The number of nitrogens with one attached hydrogen (secondary N) is 1. The van der Waals surface area contributed by atoms with Gasteiger partial charge in [0.25, 0.3) is 0 Å². The van der Waals surface area contributed by atoms with Crippen molar-refractivity contribution in [2.24, 2.45) is 0 Å². The highest BCUT2D eigenvalue weighted by atomic mass is 14.8. The molecule has 0 bridgehead atoms. The molecule has 0 aliphatic rings. The molecule has 1 aromatic rings. The van der Waals surface area contributed by atoms with Gasteiger partial charge in [-0.25, -0.2) is 0 Å². The first-order valence-electron chi connectivity index (χ1n) is 7.60. The smallest absolute Gasteiger partial charge is 0.00174 e. The summed E-state index contributed by atoms with van der Waals surface area (Å²) in [6.07, 6.45) is 8.27. The number of hydrogen-bond donors (Lipinski definition) is 1. The van der Waals surface area contributed by atoms with Gasteiger partial charge in [0.1, 0.15) is 0 Å². The monoisotopic (exact) mass is 247 g/mol. The summed E-state index contributed by atoms with van der Waals surface area (Å²) in [4.78, 5) is 0. The Morgan fingerprint density at radius 1 is 0.944 bits per heavy atom. The van der Waals surface area contributed by atoms with Gasteiger partial charge in [0.15, 0.2) is 0 Å². The first kappa shape index (κ1) is 15.2. The van der Waals surface area contributed by atoms with E-state index in [9.17, 15) is 0 Å². The van der Waals surface area contributed by atoms with Crippen LogP contribution in [0.15, 0.2) is 30.3 Å². The molecule has 0 amide bonds. The molecule has 0 saturated carbocycles. The number of unbranched alkanes of at least 4 members (excludes halogenated alkanes) is 5. The summed E-state index contributed by atoms with van der Waals surface area (Å²) in [6, 6.07) is 10.8. The van der Waals surface area contributed by atoms with E-state index in [0.717, 1.165) is 6.54 Å². The third-order valence-corrected chi connectivity index (χ3v) is 3.53. The Bertz CT molecular complexity index is 281. The molecule has 0 fully saturated rings. The minimum Gasteiger partial charge on any atom is -0.316 e. The summed E-state index contributed by atoms with van der Waals surface area (Å²) < 4.78 is 0. The Kier molecular flexibility index (Phi) is 8.58. The molecule has 1 atom stereocenters. The minimum atomic E-state index is 0.617. The van der Waals surface area contributed by atoms with Crippen molar-refractivity contribution >= 4 is 0 Å². The van der Waals surface area contributed by atoms with E-state index in [1.807, 2.05) is 0 Å². The van der Waals surface area contributed by atoms with Crippen molar-refractivity contribution in [1.82, 2.24) is 5.32 Å². The number of rotatable bonds is 10. The van der Waals surface area contributed by atoms with Crippen molar-refractivity contribution in [3.8, 4) is 0 Å². The van der Waals surface area contributed by atoms with Gasteiger partial charge in [-0.2, -0.15) is 0 Å². The Hall–Kier alpha value is -0.820. The summed E-state index contributed by atoms with van der Waals surface area (Å²) in [7, 11) is 0. The molecule has 0 spiro atoms. The second kappa shape index (κ2) is 10.1. The fraction of sp³-hybridized carbons (Fsp3) is 0.647. The van der Waals surface area contributed by atoms with Crippen LogP contribution in [0.25, 0.3) is 0 Å². The van der Waals surface area contributed by atoms with Crippen LogP contribution in [0, 0.1) is 0 Å². The molecule has 0 heterocycles. The van der Waals surface area contributed by atoms with Gasteiger partial charge in [0.05, 0.1) is 0 Å². The molecule has 0 aliphatic heterocycles. The lowest BCUT2D eigenvalue weighted by Crippen LogP contribution is -2.21. The fourth-order valence-corrected chi connectivity index (χ4v) is 2.25.